The molecule has 3 aromatic rings. The van der Waals surface area contributed by atoms with E-state index in [-0.39, 0.29) is 11.3 Å². The minimum absolute atomic E-state index is 0.00950. The zero-order chi connectivity index (χ0) is 21.7. The van der Waals surface area contributed by atoms with Crippen molar-refractivity contribution in [1.29, 1.82) is 0 Å². The molecule has 2 N–H and O–H groups in total. The zero-order valence-electron chi connectivity index (χ0n) is 16.9. The number of carbonyl (C=O) groups excluding carboxylic acids is 1. The Bertz CT molecular complexity index is 1090. The average Bonchev–Trinajstić information content (AvgIpc) is 3.25. The van der Waals surface area contributed by atoms with Crippen molar-refractivity contribution in [3.63, 3.8) is 0 Å². The number of rotatable bonds is 3. The summed E-state index contributed by atoms with van der Waals surface area (Å²) in [6, 6.07) is 16.2. The van der Waals surface area contributed by atoms with E-state index in [1.165, 1.54) is 11.8 Å². The van der Waals surface area contributed by atoms with Gasteiger partial charge in [0, 0.05) is 36.7 Å². The molecule has 1 amide bonds. The fourth-order valence-corrected chi connectivity index (χ4v) is 3.53. The third-order valence-electron chi connectivity index (χ3n) is 5.06. The Kier molecular flexibility index (Phi) is 6.51. The maximum Gasteiger partial charge on any atom is 0.326 e. The highest BCUT2D eigenvalue weighted by Gasteiger charge is 2.31. The van der Waals surface area contributed by atoms with Gasteiger partial charge in [-0.05, 0) is 30.5 Å². The van der Waals surface area contributed by atoms with Crippen molar-refractivity contribution in [3.05, 3.63) is 64.8 Å². The topological polar surface area (TPSA) is 99.7 Å². The number of carboxylic acids is 1. The van der Waals surface area contributed by atoms with Gasteiger partial charge in [-0.25, -0.2) is 4.79 Å². The highest BCUT2D eigenvalue weighted by Crippen LogP contribution is 2.21. The van der Waals surface area contributed by atoms with Gasteiger partial charge in [0.2, 0.25) is 5.91 Å². The lowest BCUT2D eigenvalue weighted by atomic mass is 10.1. The molecule has 1 saturated heterocycles. The first-order valence-corrected chi connectivity index (χ1v) is 9.67. The summed E-state index contributed by atoms with van der Waals surface area (Å²) in [7, 11) is 1.61. The molecule has 0 bridgehead atoms. The first kappa shape index (κ1) is 21.1. The van der Waals surface area contributed by atoms with Crippen LogP contribution in [0, 0.1) is 0 Å². The van der Waals surface area contributed by atoms with E-state index >= 15 is 0 Å². The number of fused-ring (bicyclic) bond motifs is 1. The minimum atomic E-state index is -0.891. The summed E-state index contributed by atoms with van der Waals surface area (Å²) >= 11 is 0. The van der Waals surface area contributed by atoms with Crippen LogP contribution in [0.15, 0.2) is 59.4 Å². The van der Waals surface area contributed by atoms with Crippen LogP contribution >= 0.6 is 0 Å². The van der Waals surface area contributed by atoms with Crippen molar-refractivity contribution in [2.75, 3.05) is 13.7 Å². The Morgan fingerprint density at radius 3 is 2.47 bits per heavy atom. The van der Waals surface area contributed by atoms with Crippen LogP contribution in [-0.4, -0.2) is 46.6 Å². The lowest BCUT2D eigenvalue weighted by Crippen LogP contribution is -2.38. The summed E-state index contributed by atoms with van der Waals surface area (Å²) in [5.41, 5.74) is 2.59. The highest BCUT2D eigenvalue weighted by atomic mass is 16.5. The molecule has 1 aliphatic heterocycles. The Hall–Kier alpha value is -3.61. The number of hydrogen-bond donors (Lipinski definition) is 2. The molecule has 30 heavy (non-hydrogen) atoms. The smallest absolute Gasteiger partial charge is 0.326 e. The molecule has 1 aliphatic rings. The normalized spacial score (nSPS) is 15.4. The Labute approximate surface area is 173 Å². The van der Waals surface area contributed by atoms with Crippen LogP contribution in [0.4, 0.5) is 0 Å². The number of methoxy groups -OCH3 is 1. The quantitative estimate of drug-likeness (QED) is 0.693. The van der Waals surface area contributed by atoms with Crippen molar-refractivity contribution in [1.82, 2.24) is 9.88 Å². The summed E-state index contributed by atoms with van der Waals surface area (Å²) in [6.07, 6.45) is 1.39. The maximum absolute atomic E-state index is 12.1. The SMILES string of the molecule is CC(=O)N1CCC[C@H]1C(=O)O.COc1ccc2c(=O)cc(-c3ccccc3)[nH]c2c1. The molecular weight excluding hydrogens is 384 g/mol. The minimum Gasteiger partial charge on any atom is -0.497 e. The Balaban J connectivity index is 0.000000199. The monoisotopic (exact) mass is 408 g/mol. The number of nitrogens with zero attached hydrogens (tertiary/aromatic N) is 1. The number of ether oxygens (including phenoxy) is 1. The molecule has 0 saturated carbocycles. The summed E-state index contributed by atoms with van der Waals surface area (Å²) < 4.78 is 5.19. The van der Waals surface area contributed by atoms with E-state index in [1.807, 2.05) is 36.4 Å². The van der Waals surface area contributed by atoms with Crippen LogP contribution in [0.1, 0.15) is 19.8 Å². The number of nitrogens with one attached hydrogen (secondary N) is 1. The second-order valence-electron chi connectivity index (χ2n) is 7.03. The van der Waals surface area contributed by atoms with Gasteiger partial charge in [0.15, 0.2) is 5.43 Å². The van der Waals surface area contributed by atoms with E-state index in [0.29, 0.717) is 18.4 Å². The number of H-pyrrole nitrogens is 1. The highest BCUT2D eigenvalue weighted by molar-refractivity contribution is 5.83. The van der Waals surface area contributed by atoms with Crippen molar-refractivity contribution in [2.45, 2.75) is 25.8 Å². The zero-order valence-corrected chi connectivity index (χ0v) is 16.9. The number of pyridine rings is 1. The molecule has 0 spiro atoms. The maximum atomic E-state index is 12.1. The van der Waals surface area contributed by atoms with Crippen molar-refractivity contribution < 1.29 is 19.4 Å². The summed E-state index contributed by atoms with van der Waals surface area (Å²) in [6.45, 7) is 1.99. The van der Waals surface area contributed by atoms with E-state index in [4.69, 9.17) is 9.84 Å². The molecule has 1 fully saturated rings. The molecule has 0 unspecified atom stereocenters. The van der Waals surface area contributed by atoms with Crippen molar-refractivity contribution in [2.24, 2.45) is 0 Å². The van der Waals surface area contributed by atoms with E-state index in [2.05, 4.69) is 4.98 Å². The van der Waals surface area contributed by atoms with E-state index in [9.17, 15) is 14.4 Å². The molecule has 1 atom stereocenters. The van der Waals surface area contributed by atoms with Crippen LogP contribution in [0.3, 0.4) is 0 Å². The van der Waals surface area contributed by atoms with E-state index in [0.717, 1.165) is 28.9 Å². The molecule has 156 valence electrons. The number of aromatic amines is 1. The summed E-state index contributed by atoms with van der Waals surface area (Å²) in [5.74, 6) is -0.305. The Morgan fingerprint density at radius 1 is 1.13 bits per heavy atom. The molecular formula is C23H24N2O5. The van der Waals surface area contributed by atoms with Crippen LogP contribution in [0.5, 0.6) is 5.75 Å². The van der Waals surface area contributed by atoms with E-state index in [1.54, 1.807) is 25.3 Å². The number of hydrogen-bond acceptors (Lipinski definition) is 4. The van der Waals surface area contributed by atoms with Gasteiger partial charge in [-0.2, -0.15) is 0 Å². The van der Waals surface area contributed by atoms with Crippen LogP contribution in [0.2, 0.25) is 0 Å². The summed E-state index contributed by atoms with van der Waals surface area (Å²) in [4.78, 5) is 38.1. The summed E-state index contributed by atoms with van der Waals surface area (Å²) in [5, 5.41) is 9.31. The molecule has 1 aromatic heterocycles. The third kappa shape index (κ3) is 4.68. The van der Waals surface area contributed by atoms with E-state index < -0.39 is 12.0 Å². The molecule has 7 heteroatoms. The van der Waals surface area contributed by atoms with Gasteiger partial charge >= 0.3 is 5.97 Å². The van der Waals surface area contributed by atoms with Crippen LogP contribution in [-0.2, 0) is 9.59 Å². The predicted molar refractivity (Wildman–Crippen MR) is 115 cm³/mol. The third-order valence-corrected chi connectivity index (χ3v) is 5.06. The van der Waals surface area contributed by atoms with Gasteiger partial charge in [-0.3, -0.25) is 9.59 Å². The standard InChI is InChI=1S/C16H13NO2.C7H11NO3/c1-19-12-7-8-13-15(9-12)17-14(10-16(13)18)11-5-3-2-4-6-11;1-5(9)8-4-2-3-6(8)7(10)11/h2-10H,1H3,(H,17,18);6H,2-4H2,1H3,(H,10,11)/t;6-/m.0/s1. The number of carboxylic acid groups (broad SMARTS) is 1. The number of likely N-dealkylation sites (tertiary alicyclic amines) is 1. The Morgan fingerprint density at radius 2 is 1.87 bits per heavy atom. The second-order valence-corrected chi connectivity index (χ2v) is 7.03. The number of amides is 1. The lowest BCUT2D eigenvalue weighted by molar-refractivity contribution is -0.147. The molecule has 0 radical (unpaired) electrons. The molecule has 2 heterocycles. The average molecular weight is 408 g/mol. The lowest BCUT2D eigenvalue weighted by Gasteiger charge is -2.18. The predicted octanol–water partition coefficient (Wildman–Crippen LogP) is 3.29. The number of benzene rings is 2. The number of aromatic nitrogens is 1. The largest absolute Gasteiger partial charge is 0.497 e. The van der Waals surface area contributed by atoms with Gasteiger partial charge in [0.1, 0.15) is 11.8 Å². The number of aliphatic carboxylic acids is 1. The van der Waals surface area contributed by atoms with Gasteiger partial charge in [0.25, 0.3) is 0 Å². The van der Waals surface area contributed by atoms with Gasteiger partial charge < -0.3 is 19.7 Å². The fraction of sp³-hybridized carbons (Fsp3) is 0.261. The van der Waals surface area contributed by atoms with Crippen molar-refractivity contribution >= 4 is 22.8 Å². The molecule has 0 aliphatic carbocycles. The van der Waals surface area contributed by atoms with Crippen LogP contribution in [0.25, 0.3) is 22.2 Å². The number of carbonyl (C=O) groups is 2. The van der Waals surface area contributed by atoms with Gasteiger partial charge in [-0.15, -0.1) is 0 Å². The molecule has 7 nitrogen and oxygen atoms in total. The fourth-order valence-electron chi connectivity index (χ4n) is 3.53. The van der Waals surface area contributed by atoms with Gasteiger partial charge in [-0.1, -0.05) is 30.3 Å². The van der Waals surface area contributed by atoms with Crippen molar-refractivity contribution in [3.8, 4) is 17.0 Å². The first-order valence-electron chi connectivity index (χ1n) is 9.67. The molecule has 4 rings (SSSR count). The van der Waals surface area contributed by atoms with Crippen LogP contribution < -0.4 is 10.2 Å². The first-order chi connectivity index (χ1) is 14.4. The second kappa shape index (κ2) is 9.26. The molecule has 2 aromatic carbocycles. The van der Waals surface area contributed by atoms with Gasteiger partial charge in [0.05, 0.1) is 12.6 Å².